The van der Waals surface area contributed by atoms with Gasteiger partial charge in [-0.3, -0.25) is 12.2 Å². The summed E-state index contributed by atoms with van der Waals surface area (Å²) in [5, 5.41) is 1.48. The Kier molecular flexibility index (Phi) is 16.7. The molecule has 0 bridgehead atoms. The average Bonchev–Trinajstić information content (AvgIpc) is 3.84. The third kappa shape index (κ3) is 11.1. The summed E-state index contributed by atoms with van der Waals surface area (Å²) in [6.45, 7) is 15.8. The molecule has 0 aromatic heterocycles. The van der Waals surface area contributed by atoms with E-state index in [9.17, 15) is 0 Å². The Morgan fingerprint density at radius 2 is 1.30 bits per heavy atom. The molecule has 0 spiro atoms. The maximum absolute atomic E-state index is 5.51. The Hall–Kier alpha value is -2.25. The number of allylic oxidation sites excluding steroid dienone is 6. The van der Waals surface area contributed by atoms with E-state index in [-0.39, 0.29) is 35.6 Å². The Morgan fingerprint density at radius 3 is 1.72 bits per heavy atom. The van der Waals surface area contributed by atoms with Gasteiger partial charge in [-0.25, -0.2) is 12.2 Å². The van der Waals surface area contributed by atoms with Gasteiger partial charge in [-0.2, -0.15) is 101 Å². The van der Waals surface area contributed by atoms with Crippen LogP contribution in [0.4, 0.5) is 0 Å². The summed E-state index contributed by atoms with van der Waals surface area (Å²) in [7, 11) is 0. The van der Waals surface area contributed by atoms with Gasteiger partial charge in [-0.1, -0.05) is 93.6 Å². The van der Waals surface area contributed by atoms with Crippen LogP contribution in [0.2, 0.25) is 10.0 Å². The van der Waals surface area contributed by atoms with Crippen LogP contribution in [0, 0.1) is 29.7 Å². The Labute approximate surface area is 338 Å². The number of fused-ring (bicyclic) bond motifs is 5. The first kappa shape index (κ1) is 43.9. The van der Waals surface area contributed by atoms with Crippen LogP contribution in [0.3, 0.4) is 0 Å². The van der Waals surface area contributed by atoms with Gasteiger partial charge in [0.1, 0.15) is 0 Å². The van der Waals surface area contributed by atoms with Crippen molar-refractivity contribution in [2.24, 2.45) is 5.41 Å². The van der Waals surface area contributed by atoms with Gasteiger partial charge in [-0.15, -0.1) is 42.9 Å². The number of hydrogen-bond acceptors (Lipinski definition) is 0. The fourth-order valence-corrected chi connectivity index (χ4v) is 6.34. The first-order valence-electron chi connectivity index (χ1n) is 16.3. The topological polar surface area (TPSA) is 0 Å². The molecule has 262 valence electrons. The fourth-order valence-electron chi connectivity index (χ4n) is 6.06. The predicted molar refractivity (Wildman–Crippen MR) is 220 cm³/mol. The summed E-state index contributed by atoms with van der Waals surface area (Å²) in [4.78, 5) is 0. The molecule has 4 aliphatic carbocycles. The van der Waals surface area contributed by atoms with E-state index in [2.05, 4.69) is 132 Å². The van der Waals surface area contributed by atoms with Gasteiger partial charge in [-0.05, 0) is 45.9 Å². The standard InChI is InChI=1S/C23H21.C9H13.2C6H4Cl.CH2.2ClH.Zr/c1-22(2)7-5-14-10-18-16(12-20(14)22)9-17-13-21-15(11-19(17)18)6-8-23(21,3)4;1-9(2,3)8-6-4-5-7-8;2*7-6-4-2-1-3-5-6;;;;/h5-7,10-13H,9H2,1-4H3;6-7H,4H2,1-3H3;2*1-2,4-5H;1H2;2*1H;/q4*-1;;;;. The zero-order valence-corrected chi connectivity index (χ0v) is 35.6. The normalized spacial score (nSPS) is 15.2. The van der Waals surface area contributed by atoms with Crippen molar-refractivity contribution >= 4 is 64.4 Å². The van der Waals surface area contributed by atoms with Crippen molar-refractivity contribution in [3.8, 4) is 11.1 Å². The van der Waals surface area contributed by atoms with Crippen molar-refractivity contribution in [3.63, 3.8) is 0 Å². The molecule has 0 amide bonds. The van der Waals surface area contributed by atoms with Crippen LogP contribution in [0.25, 0.3) is 23.3 Å². The molecule has 4 aromatic rings. The van der Waals surface area contributed by atoms with E-state index in [0.717, 1.165) is 22.9 Å². The molecule has 4 aliphatic rings. The zero-order valence-electron chi connectivity index (χ0n) is 30.0. The van der Waals surface area contributed by atoms with E-state index >= 15 is 0 Å². The second-order valence-electron chi connectivity index (χ2n) is 14.2. The molecule has 0 saturated carbocycles. The fraction of sp³-hybridized carbons (Fsp3) is 0.267. The first-order valence-corrected chi connectivity index (χ1v) is 18.8. The van der Waals surface area contributed by atoms with Crippen LogP contribution >= 0.6 is 48.0 Å². The van der Waals surface area contributed by atoms with Gasteiger partial charge in [0.05, 0.1) is 0 Å². The number of halogens is 4. The number of rotatable bonds is 0. The molecule has 0 radical (unpaired) electrons. The summed E-state index contributed by atoms with van der Waals surface area (Å²) in [5.41, 5.74) is 13.4. The Balaban J connectivity index is 0.000000266. The average molecular weight is 820 g/mol. The van der Waals surface area contributed by atoms with Gasteiger partial charge in [0.25, 0.3) is 0 Å². The van der Waals surface area contributed by atoms with Crippen LogP contribution in [0.1, 0.15) is 88.3 Å². The van der Waals surface area contributed by atoms with E-state index in [4.69, 9.17) is 23.2 Å². The maximum atomic E-state index is 5.51. The van der Waals surface area contributed by atoms with Gasteiger partial charge in [0.15, 0.2) is 0 Å². The second-order valence-corrected chi connectivity index (χ2v) is 15.1. The molecule has 5 heteroatoms. The van der Waals surface area contributed by atoms with E-state index in [1.54, 1.807) is 12.1 Å². The van der Waals surface area contributed by atoms with E-state index in [1.807, 2.05) is 36.4 Å². The van der Waals surface area contributed by atoms with Crippen molar-refractivity contribution in [1.29, 1.82) is 0 Å². The summed E-state index contributed by atoms with van der Waals surface area (Å²) in [5.74, 6) is 0. The van der Waals surface area contributed by atoms with Crippen LogP contribution < -0.4 is 0 Å². The van der Waals surface area contributed by atoms with Crippen molar-refractivity contribution in [1.82, 2.24) is 0 Å². The van der Waals surface area contributed by atoms with Gasteiger partial charge >= 0.3 is 28.4 Å². The minimum absolute atomic E-state index is 0. The van der Waals surface area contributed by atoms with Crippen molar-refractivity contribution in [2.75, 3.05) is 0 Å². The summed E-state index contributed by atoms with van der Waals surface area (Å²) in [6, 6.07) is 29.7. The molecular formula is C45H46Cl4Zr-4. The second kappa shape index (κ2) is 19.0. The van der Waals surface area contributed by atoms with Gasteiger partial charge in [0.2, 0.25) is 0 Å². The molecular weight excluding hydrogens is 774 g/mol. The summed E-state index contributed by atoms with van der Waals surface area (Å²) < 4.78 is 3.34. The van der Waals surface area contributed by atoms with Gasteiger partial charge < -0.3 is 0 Å². The van der Waals surface area contributed by atoms with Crippen LogP contribution in [-0.2, 0) is 41.5 Å². The molecule has 0 saturated heterocycles. The molecule has 0 heterocycles. The molecule has 0 unspecified atom stereocenters. The Morgan fingerprint density at radius 1 is 0.760 bits per heavy atom. The molecule has 50 heavy (non-hydrogen) atoms. The molecule has 0 nitrogen and oxygen atoms in total. The molecule has 0 atom stereocenters. The molecule has 0 N–H and O–H groups in total. The summed E-state index contributed by atoms with van der Waals surface area (Å²) >= 11 is 12.3. The van der Waals surface area contributed by atoms with Crippen LogP contribution in [0.15, 0.2) is 96.6 Å². The van der Waals surface area contributed by atoms with Crippen molar-refractivity contribution in [2.45, 2.75) is 72.1 Å². The minimum atomic E-state index is 0. The van der Waals surface area contributed by atoms with E-state index in [0.29, 0.717) is 5.41 Å². The van der Waals surface area contributed by atoms with Crippen molar-refractivity contribution < 1.29 is 24.2 Å². The molecule has 0 aliphatic heterocycles. The SMILES string of the molecule is CC(C)(C)C1=CC[C-]=C1.CC1(C)[C-]=Cc2cc3c(cc21)Cc1cc2c(cc1-3)C=CC2(C)C.Cl.Cl.Clc1c[c-]ccc1.Clc1c[c-]ccc1.[CH2]=[Zr]. The molecule has 0 fully saturated rings. The third-order valence-electron chi connectivity index (χ3n) is 8.76. The monoisotopic (exact) mass is 816 g/mol. The van der Waals surface area contributed by atoms with Gasteiger partial charge in [0, 0.05) is 5.41 Å². The number of hydrogen-bond donors (Lipinski definition) is 0. The van der Waals surface area contributed by atoms with Crippen LogP contribution in [0.5, 0.6) is 0 Å². The first-order chi connectivity index (χ1) is 22.7. The van der Waals surface area contributed by atoms with Crippen LogP contribution in [-0.4, -0.2) is 4.21 Å². The van der Waals surface area contributed by atoms with E-state index < -0.39 is 0 Å². The number of benzene rings is 4. The Bertz CT molecular complexity index is 1720. The third-order valence-corrected chi connectivity index (χ3v) is 9.23. The predicted octanol–water partition coefficient (Wildman–Crippen LogP) is 13.5. The molecule has 8 rings (SSSR count). The van der Waals surface area contributed by atoms with Crippen molar-refractivity contribution in [3.05, 3.63) is 164 Å². The van der Waals surface area contributed by atoms with E-state index in [1.165, 1.54) is 74.3 Å². The quantitative estimate of drug-likeness (QED) is 0.137. The summed E-state index contributed by atoms with van der Waals surface area (Å²) in [6.07, 6.45) is 19.9. The zero-order chi connectivity index (χ0) is 35.1. The molecule has 4 aromatic carbocycles.